The molecule has 2 nitrogen and oxygen atoms in total. The van der Waals surface area contributed by atoms with Crippen LogP contribution in [0.15, 0.2) is 30.0 Å². The third-order valence-electron chi connectivity index (χ3n) is 3.85. The molecule has 0 saturated heterocycles. The Morgan fingerprint density at radius 3 is 2.00 bits per heavy atom. The van der Waals surface area contributed by atoms with E-state index in [0.717, 1.165) is 30.6 Å². The normalized spacial score (nSPS) is 13.9. The van der Waals surface area contributed by atoms with Gasteiger partial charge in [-0.2, -0.15) is 6.92 Å². The second kappa shape index (κ2) is 11.0. The van der Waals surface area contributed by atoms with Gasteiger partial charge in [-0.3, -0.25) is 0 Å². The molecule has 0 aliphatic heterocycles. The molecule has 0 radical (unpaired) electrons. The molecular weight excluding hydrogens is 447 g/mol. The quantitative estimate of drug-likeness (QED) is 0.364. The van der Waals surface area contributed by atoms with Crippen molar-refractivity contribution in [3.05, 3.63) is 53.3 Å². The Morgan fingerprint density at radius 1 is 1.04 bits per heavy atom. The molecule has 0 unspecified atom stereocenters. The molecule has 1 aliphatic carbocycles. The summed E-state index contributed by atoms with van der Waals surface area (Å²) in [5.41, 5.74) is 5.23. The van der Waals surface area contributed by atoms with Crippen LogP contribution in [0.25, 0.3) is 5.32 Å². The molecule has 0 amide bonds. The van der Waals surface area contributed by atoms with Gasteiger partial charge in [-0.15, -0.1) is 11.4 Å². The van der Waals surface area contributed by atoms with Crippen LogP contribution in [0.1, 0.15) is 76.8 Å². The summed E-state index contributed by atoms with van der Waals surface area (Å²) >= 11 is 0. The van der Waals surface area contributed by atoms with E-state index in [2.05, 4.69) is 58.9 Å². The third-order valence-corrected chi connectivity index (χ3v) is 3.85. The van der Waals surface area contributed by atoms with E-state index in [-0.39, 0.29) is 25.8 Å². The second-order valence-corrected chi connectivity index (χ2v) is 6.17. The average molecular weight is 477 g/mol. The molecule has 0 atom stereocenters. The van der Waals surface area contributed by atoms with E-state index < -0.39 is 0 Å². The van der Waals surface area contributed by atoms with Crippen molar-refractivity contribution in [2.45, 2.75) is 65.7 Å². The van der Waals surface area contributed by atoms with Gasteiger partial charge in [0, 0.05) is 31.6 Å². The zero-order valence-electron chi connectivity index (χ0n) is 15.2. The minimum absolute atomic E-state index is 0. The molecule has 0 fully saturated rings. The van der Waals surface area contributed by atoms with Gasteiger partial charge in [-0.1, -0.05) is 63.1 Å². The number of nitrogens with one attached hydrogen (secondary N) is 1. The van der Waals surface area contributed by atoms with Crippen molar-refractivity contribution >= 4 is 11.4 Å². The van der Waals surface area contributed by atoms with Crippen molar-refractivity contribution in [1.29, 1.82) is 5.41 Å². The number of para-hydroxylation sites is 1. The predicted molar refractivity (Wildman–Crippen MR) is 98.3 cm³/mol. The molecule has 0 bridgehead atoms. The monoisotopic (exact) mass is 478 g/mol. The SMILES string of the molecule is CC(C)c1cccc(C(C)C)c1[N-]C1=CCCCC1=N.[CH2-]C.[Hf]. The van der Waals surface area contributed by atoms with Gasteiger partial charge in [-0.25, -0.2) is 0 Å². The van der Waals surface area contributed by atoms with Gasteiger partial charge in [0.05, 0.1) is 0 Å². The largest absolute Gasteiger partial charge is 0.656 e. The Balaban J connectivity index is 0.00000155. The summed E-state index contributed by atoms with van der Waals surface area (Å²) in [5, 5.41) is 13.0. The van der Waals surface area contributed by atoms with E-state index in [1.165, 1.54) is 11.1 Å². The smallest absolute Gasteiger partial charge is 0.0164 e. The van der Waals surface area contributed by atoms with Crippen LogP contribution in [0.4, 0.5) is 5.69 Å². The van der Waals surface area contributed by atoms with Crippen LogP contribution in [0, 0.1) is 12.3 Å². The van der Waals surface area contributed by atoms with E-state index in [1.807, 2.05) is 0 Å². The maximum Gasteiger partial charge on any atom is 0.0164 e. The second-order valence-electron chi connectivity index (χ2n) is 6.17. The van der Waals surface area contributed by atoms with Crippen molar-refractivity contribution in [1.82, 2.24) is 0 Å². The summed E-state index contributed by atoms with van der Waals surface area (Å²) in [4.78, 5) is 0. The Hall–Kier alpha value is -0.700. The van der Waals surface area contributed by atoms with Crippen molar-refractivity contribution < 1.29 is 25.8 Å². The standard InChI is InChI=1S/C18H25N2.C2H5.Hf/c1-12(2)14-8-7-9-15(13(3)4)18(14)20-17-11-6-5-10-16(17)19;1-2;/h7-9,11-13,19H,5-6,10H2,1-4H3;1H2,2H3;/q2*-1;. The molecular formula is C20H30HfN2-2. The fourth-order valence-corrected chi connectivity index (χ4v) is 2.64. The number of allylic oxidation sites excluding steroid dienone is 2. The van der Waals surface area contributed by atoms with Crippen molar-refractivity contribution in [3.63, 3.8) is 0 Å². The molecule has 0 aromatic heterocycles. The van der Waals surface area contributed by atoms with Crippen LogP contribution in [0.2, 0.25) is 0 Å². The van der Waals surface area contributed by atoms with Gasteiger partial charge in [0.1, 0.15) is 0 Å². The van der Waals surface area contributed by atoms with Crippen LogP contribution < -0.4 is 0 Å². The zero-order valence-corrected chi connectivity index (χ0v) is 18.8. The summed E-state index contributed by atoms with van der Waals surface area (Å²) in [6, 6.07) is 6.47. The van der Waals surface area contributed by atoms with E-state index in [0.29, 0.717) is 17.5 Å². The van der Waals surface area contributed by atoms with Crippen LogP contribution >= 0.6 is 0 Å². The van der Waals surface area contributed by atoms with Gasteiger partial charge in [-0.05, 0) is 31.1 Å². The minimum atomic E-state index is 0. The topological polar surface area (TPSA) is 38.0 Å². The first-order valence-corrected chi connectivity index (χ1v) is 8.34. The third kappa shape index (κ3) is 6.02. The fraction of sp³-hybridized carbons (Fsp3) is 0.500. The van der Waals surface area contributed by atoms with E-state index >= 15 is 0 Å². The zero-order chi connectivity index (χ0) is 16.7. The molecule has 1 aliphatic rings. The number of rotatable bonds is 4. The summed E-state index contributed by atoms with van der Waals surface area (Å²) < 4.78 is 0. The summed E-state index contributed by atoms with van der Waals surface area (Å²) in [6.45, 7) is 13.8. The van der Waals surface area contributed by atoms with E-state index in [1.54, 1.807) is 6.92 Å². The summed E-state index contributed by atoms with van der Waals surface area (Å²) in [6.07, 6.45) is 5.10. The number of nitrogens with zero attached hydrogens (tertiary/aromatic N) is 1. The van der Waals surface area contributed by atoms with Gasteiger partial charge >= 0.3 is 0 Å². The molecule has 0 spiro atoms. The van der Waals surface area contributed by atoms with Crippen LogP contribution in [0.5, 0.6) is 0 Å². The Morgan fingerprint density at radius 2 is 1.57 bits per heavy atom. The van der Waals surface area contributed by atoms with E-state index in [9.17, 15) is 0 Å². The molecule has 126 valence electrons. The number of benzene rings is 1. The molecule has 3 heteroatoms. The Bertz CT molecular complexity index is 504. The van der Waals surface area contributed by atoms with Crippen LogP contribution in [0.3, 0.4) is 0 Å². The number of hydrogen-bond donors (Lipinski definition) is 1. The van der Waals surface area contributed by atoms with E-state index in [4.69, 9.17) is 10.7 Å². The van der Waals surface area contributed by atoms with Gasteiger partial charge in [0.25, 0.3) is 0 Å². The molecule has 0 saturated carbocycles. The van der Waals surface area contributed by atoms with Gasteiger partial charge in [0.15, 0.2) is 0 Å². The predicted octanol–water partition coefficient (Wildman–Crippen LogP) is 6.86. The first-order chi connectivity index (χ1) is 10.5. The molecule has 1 aromatic carbocycles. The molecule has 1 N–H and O–H groups in total. The summed E-state index contributed by atoms with van der Waals surface area (Å²) in [7, 11) is 0. The van der Waals surface area contributed by atoms with Crippen molar-refractivity contribution in [2.75, 3.05) is 0 Å². The Labute approximate surface area is 161 Å². The maximum absolute atomic E-state index is 8.09. The van der Waals surface area contributed by atoms with Crippen LogP contribution in [-0.4, -0.2) is 5.71 Å². The van der Waals surface area contributed by atoms with Crippen molar-refractivity contribution in [2.24, 2.45) is 0 Å². The first-order valence-electron chi connectivity index (χ1n) is 8.34. The maximum atomic E-state index is 8.09. The van der Waals surface area contributed by atoms with Gasteiger partial charge in [0.2, 0.25) is 0 Å². The molecule has 1 aromatic rings. The van der Waals surface area contributed by atoms with Crippen LogP contribution in [-0.2, 0) is 25.8 Å². The minimum Gasteiger partial charge on any atom is -0.656 e. The fourth-order valence-electron chi connectivity index (χ4n) is 2.64. The van der Waals surface area contributed by atoms with Crippen molar-refractivity contribution in [3.8, 4) is 0 Å². The molecule has 23 heavy (non-hydrogen) atoms. The molecule has 0 heterocycles. The average Bonchev–Trinajstić information content (AvgIpc) is 2.51. The summed E-state index contributed by atoms with van der Waals surface area (Å²) in [5.74, 6) is 0.900. The first kappa shape index (κ1) is 22.3. The Kier molecular flexibility index (Phi) is 10.6. The number of hydrogen-bond acceptors (Lipinski definition) is 1. The van der Waals surface area contributed by atoms with Gasteiger partial charge < -0.3 is 17.6 Å². The molecule has 2 rings (SSSR count).